The van der Waals surface area contributed by atoms with Crippen LogP contribution in [0.4, 0.5) is 11.4 Å². The number of amides is 1. The maximum Gasteiger partial charge on any atom is 0.373 e. The lowest BCUT2D eigenvalue weighted by molar-refractivity contribution is -0.191. The highest BCUT2D eigenvalue weighted by Crippen LogP contribution is 2.22. The van der Waals surface area contributed by atoms with Crippen LogP contribution in [0.1, 0.15) is 33.8 Å². The predicted molar refractivity (Wildman–Crippen MR) is 139 cm³/mol. The van der Waals surface area contributed by atoms with E-state index in [9.17, 15) is 9.59 Å². The van der Waals surface area contributed by atoms with E-state index in [1.165, 1.54) is 0 Å². The quantitative estimate of drug-likeness (QED) is 0.160. The summed E-state index contributed by atoms with van der Waals surface area (Å²) in [5.41, 5.74) is 14.3. The second kappa shape index (κ2) is 12.9. The number of nitrogens with one attached hydrogen (secondary N) is 1. The van der Waals surface area contributed by atoms with E-state index < -0.39 is 5.97 Å². The summed E-state index contributed by atoms with van der Waals surface area (Å²) in [6.07, 6.45) is 0.250. The molecular weight excluding hydrogens is 474 g/mol. The fourth-order valence-electron chi connectivity index (χ4n) is 3.11. The first kappa shape index (κ1) is 27.9. The zero-order chi connectivity index (χ0) is 26.1. The summed E-state index contributed by atoms with van der Waals surface area (Å²) in [5.74, 6) is -0.529. The average molecular weight is 500 g/mol. The fraction of sp³-hybridized carbons (Fsp3) is 0.0741. The smallest absolute Gasteiger partial charge is 0.373 e. The molecule has 4 aromatic rings. The Balaban J connectivity index is 0.00000115. The van der Waals surface area contributed by atoms with Gasteiger partial charge in [0, 0.05) is 11.1 Å². The Hall–Kier alpha value is -5.34. The monoisotopic (exact) mass is 499 g/mol. The molecule has 0 saturated heterocycles. The largest absolute Gasteiger partial charge is 0.423 e. The zero-order valence-corrected chi connectivity index (χ0v) is 19.1. The molecule has 188 valence electrons. The molecule has 3 aromatic carbocycles. The van der Waals surface area contributed by atoms with Crippen molar-refractivity contribution in [1.82, 2.24) is 4.98 Å². The number of nitrogens with zero attached hydrogens (tertiary/aromatic N) is 2. The summed E-state index contributed by atoms with van der Waals surface area (Å²) in [5, 5.41) is 3.56. The van der Waals surface area contributed by atoms with Crippen LogP contribution < -0.4 is 21.5 Å². The zero-order valence-electron chi connectivity index (χ0n) is 19.1. The Morgan fingerprint density at radius 2 is 1.57 bits per heavy atom. The van der Waals surface area contributed by atoms with Gasteiger partial charge in [-0.1, -0.05) is 31.2 Å². The molecule has 0 fully saturated rings. The number of esters is 1. The van der Waals surface area contributed by atoms with Gasteiger partial charge >= 0.3 is 12.1 Å². The van der Waals surface area contributed by atoms with Crippen LogP contribution in [0.25, 0.3) is 10.9 Å². The molecule has 1 amide bonds. The Bertz CT molecular complexity index is 1460. The van der Waals surface area contributed by atoms with Crippen molar-refractivity contribution in [2.45, 2.75) is 14.4 Å². The molecule has 10 nitrogen and oxygen atoms in total. The number of pyridine rings is 1. The first-order valence-corrected chi connectivity index (χ1v) is 10.5. The highest BCUT2D eigenvalue weighted by atomic mass is 16.5. The lowest BCUT2D eigenvalue weighted by atomic mass is 10.1. The van der Waals surface area contributed by atoms with Gasteiger partial charge in [-0.2, -0.15) is 9.59 Å². The van der Waals surface area contributed by atoms with Crippen LogP contribution in [0.15, 0.2) is 83.9 Å². The molecule has 0 radical (unpaired) electrons. The molecule has 4 rings (SSSR count). The van der Waals surface area contributed by atoms with Crippen molar-refractivity contribution in [2.24, 2.45) is 16.5 Å². The lowest BCUT2D eigenvalue weighted by Crippen LogP contribution is -2.21. The number of anilines is 1. The summed E-state index contributed by atoms with van der Waals surface area (Å²) < 4.78 is 5.46. The molecule has 0 aliphatic carbocycles. The number of benzene rings is 3. The van der Waals surface area contributed by atoms with Crippen molar-refractivity contribution >= 4 is 46.3 Å². The Morgan fingerprint density at radius 1 is 0.919 bits per heavy atom. The van der Waals surface area contributed by atoms with E-state index in [4.69, 9.17) is 25.8 Å². The summed E-state index contributed by atoms with van der Waals surface area (Å²) in [6, 6.07) is 22.3. The molecule has 0 spiro atoms. The molecule has 0 aliphatic rings. The molecule has 0 unspecified atom stereocenters. The summed E-state index contributed by atoms with van der Waals surface area (Å²) >= 11 is 0. The molecule has 10 heteroatoms. The number of fused-ring (bicyclic) bond motifs is 1. The predicted octanol–water partition coefficient (Wildman–Crippen LogP) is 3.97. The first-order chi connectivity index (χ1) is 17.3. The number of rotatable bonds is 5. The molecule has 1 heterocycles. The number of ether oxygens (including phenoxy) is 1. The second-order valence-electron chi connectivity index (χ2n) is 7.43. The summed E-state index contributed by atoms with van der Waals surface area (Å²) in [7, 11) is 0. The van der Waals surface area contributed by atoms with Crippen LogP contribution >= 0.6 is 0 Å². The standard InChI is InChI=1S/C25H21N5O3.CO2.CH4/c1-15-2-7-18(8-3-15)28-23(31)22-12-6-17-14-20(11-13-21(17)30-22)33-24(32)16-4-9-19(10-5-16)29-25(26)27;2-1-3;/h2-14H,1H3,(H,28,31)(H4,26,27,29);;1H4. The van der Waals surface area contributed by atoms with Gasteiger partial charge in [0.1, 0.15) is 11.4 Å². The Morgan fingerprint density at radius 3 is 2.19 bits per heavy atom. The highest BCUT2D eigenvalue weighted by Gasteiger charge is 2.12. The molecule has 0 bridgehead atoms. The lowest BCUT2D eigenvalue weighted by Gasteiger charge is -2.08. The molecule has 5 N–H and O–H groups in total. The van der Waals surface area contributed by atoms with Gasteiger partial charge in [0.05, 0.1) is 16.8 Å². The number of guanidine groups is 1. The van der Waals surface area contributed by atoms with Crippen molar-refractivity contribution in [3.8, 4) is 5.75 Å². The van der Waals surface area contributed by atoms with Crippen LogP contribution in [0.5, 0.6) is 5.75 Å². The molecule has 0 atom stereocenters. The minimum atomic E-state index is -0.521. The van der Waals surface area contributed by atoms with Crippen molar-refractivity contribution in [1.29, 1.82) is 0 Å². The van der Waals surface area contributed by atoms with Gasteiger partial charge in [0.15, 0.2) is 5.96 Å². The third-order valence-corrected chi connectivity index (χ3v) is 4.77. The molecule has 1 aromatic heterocycles. The number of hydrogen-bond donors (Lipinski definition) is 3. The molecule has 0 saturated carbocycles. The van der Waals surface area contributed by atoms with Crippen LogP contribution in [0, 0.1) is 6.92 Å². The number of carbonyl (C=O) groups excluding carboxylic acids is 4. The van der Waals surface area contributed by atoms with Crippen molar-refractivity contribution in [2.75, 3.05) is 5.32 Å². The van der Waals surface area contributed by atoms with E-state index in [0.717, 1.165) is 10.9 Å². The van der Waals surface area contributed by atoms with Gasteiger partial charge in [-0.15, -0.1) is 0 Å². The number of nitrogens with two attached hydrogens (primary N) is 2. The number of aryl methyl sites for hydroxylation is 1. The van der Waals surface area contributed by atoms with Crippen LogP contribution in [0.2, 0.25) is 0 Å². The van der Waals surface area contributed by atoms with Crippen LogP contribution in [0.3, 0.4) is 0 Å². The van der Waals surface area contributed by atoms with Gasteiger partial charge in [-0.25, -0.2) is 14.8 Å². The van der Waals surface area contributed by atoms with Gasteiger partial charge < -0.3 is 21.5 Å². The van der Waals surface area contributed by atoms with Gasteiger partial charge in [0.25, 0.3) is 5.91 Å². The highest BCUT2D eigenvalue weighted by molar-refractivity contribution is 6.04. The maximum atomic E-state index is 12.5. The van der Waals surface area contributed by atoms with Gasteiger partial charge in [-0.3, -0.25) is 4.79 Å². The Labute approximate surface area is 213 Å². The van der Waals surface area contributed by atoms with Gasteiger partial charge in [0.2, 0.25) is 0 Å². The van der Waals surface area contributed by atoms with Crippen LogP contribution in [-0.4, -0.2) is 29.0 Å². The molecule has 0 aliphatic heterocycles. The maximum absolute atomic E-state index is 12.5. The van der Waals surface area contributed by atoms with E-state index in [2.05, 4.69) is 15.3 Å². The molecule has 37 heavy (non-hydrogen) atoms. The SMILES string of the molecule is C.Cc1ccc(NC(=O)c2ccc3cc(OC(=O)c4ccc(N=C(N)N)cc4)ccc3n2)cc1.O=C=O. The van der Waals surface area contributed by atoms with Crippen LogP contribution in [-0.2, 0) is 9.59 Å². The van der Waals surface area contributed by atoms with E-state index >= 15 is 0 Å². The number of aliphatic imine (C=N–C) groups is 1. The average Bonchev–Trinajstić information content (AvgIpc) is 2.85. The van der Waals surface area contributed by atoms with E-state index in [-0.39, 0.29) is 31.1 Å². The minimum Gasteiger partial charge on any atom is -0.423 e. The molecular formula is C27H25N5O5. The van der Waals surface area contributed by atoms with Gasteiger partial charge in [-0.05, 0) is 67.6 Å². The number of aromatic nitrogens is 1. The number of carbonyl (C=O) groups is 2. The third-order valence-electron chi connectivity index (χ3n) is 4.77. The second-order valence-corrected chi connectivity index (χ2v) is 7.43. The Kier molecular flexibility index (Phi) is 9.76. The first-order valence-electron chi connectivity index (χ1n) is 10.5. The van der Waals surface area contributed by atoms with Crippen molar-refractivity contribution in [3.63, 3.8) is 0 Å². The number of hydrogen-bond acceptors (Lipinski definition) is 7. The fourth-order valence-corrected chi connectivity index (χ4v) is 3.11. The topological polar surface area (TPSA) is 167 Å². The summed E-state index contributed by atoms with van der Waals surface area (Å²) in [4.78, 5) is 49.5. The summed E-state index contributed by atoms with van der Waals surface area (Å²) in [6.45, 7) is 1.98. The van der Waals surface area contributed by atoms with Crippen molar-refractivity contribution < 1.29 is 23.9 Å². The van der Waals surface area contributed by atoms with E-state index in [0.29, 0.717) is 28.2 Å². The minimum absolute atomic E-state index is 0. The van der Waals surface area contributed by atoms with Crippen molar-refractivity contribution in [3.05, 3.63) is 95.7 Å². The third kappa shape index (κ3) is 7.84. The van der Waals surface area contributed by atoms with E-state index in [1.54, 1.807) is 54.6 Å². The normalized spacial score (nSPS) is 9.54. The van der Waals surface area contributed by atoms with E-state index in [1.807, 2.05) is 31.2 Å².